The molecule has 0 amide bonds. The molecular formula is C29H45BrN2O4. The van der Waals surface area contributed by atoms with E-state index in [1.165, 1.54) is 69.3 Å². The lowest BCUT2D eigenvalue weighted by molar-refractivity contribution is 0.0356. The molecule has 2 saturated carbocycles. The van der Waals surface area contributed by atoms with E-state index >= 15 is 0 Å². The third-order valence-corrected chi connectivity index (χ3v) is 11.3. The molecule has 5 unspecified atom stereocenters. The van der Waals surface area contributed by atoms with Gasteiger partial charge in [0.05, 0.1) is 19.3 Å². The van der Waals surface area contributed by atoms with Crippen LogP contribution in [-0.2, 0) is 14.2 Å². The number of aliphatic hydroxyl groups is 1. The fourth-order valence-electron chi connectivity index (χ4n) is 8.23. The van der Waals surface area contributed by atoms with Gasteiger partial charge >= 0.3 is 0 Å². The van der Waals surface area contributed by atoms with Crippen molar-refractivity contribution in [1.82, 2.24) is 9.80 Å². The van der Waals surface area contributed by atoms with Gasteiger partial charge in [-0.1, -0.05) is 21.5 Å². The number of alkyl halides is 1. The van der Waals surface area contributed by atoms with Crippen molar-refractivity contribution in [3.8, 4) is 0 Å². The summed E-state index contributed by atoms with van der Waals surface area (Å²) >= 11 is 4.04. The summed E-state index contributed by atoms with van der Waals surface area (Å²) in [6.45, 7) is 6.62. The minimum Gasteiger partial charge on any atom is -0.508 e. The predicted molar refractivity (Wildman–Crippen MR) is 144 cm³/mol. The highest BCUT2D eigenvalue weighted by atomic mass is 79.9. The number of nitrogens with zero attached hydrogens (tertiary/aromatic N) is 2. The normalized spacial score (nSPS) is 40.4. The van der Waals surface area contributed by atoms with Gasteiger partial charge in [0.15, 0.2) is 0 Å². The minimum absolute atomic E-state index is 0.258. The van der Waals surface area contributed by atoms with Gasteiger partial charge in [-0.2, -0.15) is 0 Å². The molecule has 3 aliphatic heterocycles. The molecule has 0 spiro atoms. The summed E-state index contributed by atoms with van der Waals surface area (Å²) in [7, 11) is 1.70. The lowest BCUT2D eigenvalue weighted by Gasteiger charge is -2.48. The van der Waals surface area contributed by atoms with Gasteiger partial charge in [0, 0.05) is 43.3 Å². The van der Waals surface area contributed by atoms with Crippen molar-refractivity contribution in [2.24, 2.45) is 17.8 Å². The predicted octanol–water partition coefficient (Wildman–Crippen LogP) is 5.38. The number of ether oxygens (including phenoxy) is 3. The van der Waals surface area contributed by atoms with Crippen LogP contribution in [-0.4, -0.2) is 84.6 Å². The molecule has 3 aliphatic carbocycles. The molecule has 0 aromatic heterocycles. The number of hydrogen-bond acceptors (Lipinski definition) is 6. The molecule has 5 atom stereocenters. The SMILES string of the molecule is COC1=C(O)CC2=C(CCN(CC3CC4OCOC4CC3Br)C2C2CCC(CN3CCCC3)CC2)C1. The molecule has 0 aromatic rings. The summed E-state index contributed by atoms with van der Waals surface area (Å²) in [4.78, 5) is 5.99. The second-order valence-corrected chi connectivity index (χ2v) is 13.5. The maximum Gasteiger partial charge on any atom is 0.147 e. The Hall–Kier alpha value is -0.600. The molecule has 202 valence electrons. The molecule has 6 nitrogen and oxygen atoms in total. The smallest absolute Gasteiger partial charge is 0.147 e. The molecule has 3 heterocycles. The van der Waals surface area contributed by atoms with Gasteiger partial charge in [-0.15, -0.1) is 0 Å². The van der Waals surface area contributed by atoms with Crippen molar-refractivity contribution in [3.05, 3.63) is 22.7 Å². The Labute approximate surface area is 225 Å². The molecule has 2 saturated heterocycles. The Morgan fingerprint density at radius 1 is 0.972 bits per heavy atom. The average Bonchev–Trinajstić information content (AvgIpc) is 3.56. The molecule has 36 heavy (non-hydrogen) atoms. The van der Waals surface area contributed by atoms with Crippen LogP contribution in [0.5, 0.6) is 0 Å². The average molecular weight is 566 g/mol. The molecule has 6 rings (SSSR count). The second kappa shape index (κ2) is 11.3. The van der Waals surface area contributed by atoms with E-state index in [9.17, 15) is 5.11 Å². The van der Waals surface area contributed by atoms with Gasteiger partial charge in [-0.25, -0.2) is 0 Å². The van der Waals surface area contributed by atoms with E-state index in [2.05, 4.69) is 25.7 Å². The number of fused-ring (bicyclic) bond motifs is 1. The number of hydrogen-bond donors (Lipinski definition) is 1. The molecule has 0 bridgehead atoms. The first kappa shape index (κ1) is 25.7. The van der Waals surface area contributed by atoms with Crippen molar-refractivity contribution >= 4 is 15.9 Å². The second-order valence-electron chi connectivity index (χ2n) is 12.3. The first-order chi connectivity index (χ1) is 17.6. The Balaban J connectivity index is 1.17. The highest BCUT2D eigenvalue weighted by Crippen LogP contribution is 2.45. The maximum absolute atomic E-state index is 10.8. The van der Waals surface area contributed by atoms with Crippen LogP contribution in [0.15, 0.2) is 22.7 Å². The van der Waals surface area contributed by atoms with Crippen molar-refractivity contribution in [2.45, 2.75) is 93.7 Å². The minimum atomic E-state index is 0.258. The van der Waals surface area contributed by atoms with Crippen molar-refractivity contribution < 1.29 is 19.3 Å². The summed E-state index contributed by atoms with van der Waals surface area (Å²) in [5, 5.41) is 10.8. The van der Waals surface area contributed by atoms with E-state index in [0.29, 0.717) is 41.7 Å². The van der Waals surface area contributed by atoms with Crippen LogP contribution in [0, 0.1) is 17.8 Å². The molecule has 6 aliphatic rings. The van der Waals surface area contributed by atoms with Crippen LogP contribution >= 0.6 is 15.9 Å². The summed E-state index contributed by atoms with van der Waals surface area (Å²) in [6, 6.07) is 0.459. The molecular weight excluding hydrogens is 520 g/mol. The first-order valence-electron chi connectivity index (χ1n) is 14.6. The molecule has 4 fully saturated rings. The summed E-state index contributed by atoms with van der Waals surface area (Å²) in [5.74, 6) is 3.38. The number of allylic oxidation sites excluding steroid dienone is 2. The zero-order valence-electron chi connectivity index (χ0n) is 22.0. The standard InChI is InChI=1S/C29H45BrN2O4/c1-34-26-12-21-8-11-32(17-22-13-27-28(15-24(22)30)36-18-35-27)29(23(21)14-25(26)33)20-6-4-19(5-7-20)16-31-9-2-3-10-31/h19-20,22,24,27-29,33H,2-18H2,1H3. The zero-order chi connectivity index (χ0) is 24.6. The van der Waals surface area contributed by atoms with Gasteiger partial charge in [0.25, 0.3) is 0 Å². The highest BCUT2D eigenvalue weighted by molar-refractivity contribution is 9.09. The van der Waals surface area contributed by atoms with E-state index in [4.69, 9.17) is 14.2 Å². The zero-order valence-corrected chi connectivity index (χ0v) is 23.6. The Morgan fingerprint density at radius 2 is 1.72 bits per heavy atom. The first-order valence-corrected chi connectivity index (χ1v) is 15.5. The third kappa shape index (κ3) is 5.29. The summed E-state index contributed by atoms with van der Waals surface area (Å²) in [6.07, 6.45) is 13.4. The van der Waals surface area contributed by atoms with Crippen LogP contribution in [0.2, 0.25) is 0 Å². The van der Waals surface area contributed by atoms with Crippen molar-refractivity contribution in [1.29, 1.82) is 0 Å². The highest BCUT2D eigenvalue weighted by Gasteiger charge is 2.44. The fraction of sp³-hybridized carbons (Fsp3) is 0.862. The van der Waals surface area contributed by atoms with E-state index in [1.54, 1.807) is 7.11 Å². The Morgan fingerprint density at radius 3 is 2.47 bits per heavy atom. The van der Waals surface area contributed by atoms with E-state index in [0.717, 1.165) is 50.4 Å². The quantitative estimate of drug-likeness (QED) is 0.345. The van der Waals surface area contributed by atoms with E-state index in [1.807, 2.05) is 0 Å². The van der Waals surface area contributed by atoms with Crippen LogP contribution < -0.4 is 0 Å². The van der Waals surface area contributed by atoms with E-state index in [-0.39, 0.29) is 12.2 Å². The van der Waals surface area contributed by atoms with E-state index < -0.39 is 0 Å². The molecule has 1 N–H and O–H groups in total. The van der Waals surface area contributed by atoms with Gasteiger partial charge in [-0.05, 0) is 94.2 Å². The number of halogens is 1. The van der Waals surface area contributed by atoms with Crippen LogP contribution in [0.4, 0.5) is 0 Å². The lowest BCUT2D eigenvalue weighted by Crippen LogP contribution is -2.52. The number of methoxy groups -OCH3 is 1. The maximum atomic E-state index is 10.8. The number of aliphatic hydroxyl groups excluding tert-OH is 1. The Bertz CT molecular complexity index is 848. The topological polar surface area (TPSA) is 54.4 Å². The van der Waals surface area contributed by atoms with Crippen LogP contribution in [0.25, 0.3) is 0 Å². The number of rotatable bonds is 6. The summed E-state index contributed by atoms with van der Waals surface area (Å²) < 4.78 is 17.3. The largest absolute Gasteiger partial charge is 0.508 e. The lowest BCUT2D eigenvalue weighted by atomic mass is 9.71. The van der Waals surface area contributed by atoms with Gasteiger partial charge in [-0.3, -0.25) is 4.90 Å². The molecule has 7 heteroatoms. The van der Waals surface area contributed by atoms with Crippen molar-refractivity contribution in [2.75, 3.05) is 46.6 Å². The van der Waals surface area contributed by atoms with Crippen LogP contribution in [0.3, 0.4) is 0 Å². The van der Waals surface area contributed by atoms with Crippen molar-refractivity contribution in [3.63, 3.8) is 0 Å². The molecule has 0 aromatic carbocycles. The van der Waals surface area contributed by atoms with Gasteiger partial charge in [0.1, 0.15) is 18.3 Å². The van der Waals surface area contributed by atoms with Gasteiger partial charge in [0.2, 0.25) is 0 Å². The fourth-order valence-corrected chi connectivity index (χ4v) is 8.98. The Kier molecular flexibility index (Phi) is 8.02. The third-order valence-electron chi connectivity index (χ3n) is 10.2. The molecule has 0 radical (unpaired) electrons. The number of likely N-dealkylation sites (tertiary alicyclic amines) is 1. The monoisotopic (exact) mass is 564 g/mol. The summed E-state index contributed by atoms with van der Waals surface area (Å²) in [5.41, 5.74) is 3.06. The van der Waals surface area contributed by atoms with Crippen LogP contribution in [0.1, 0.15) is 70.6 Å². The van der Waals surface area contributed by atoms with Gasteiger partial charge < -0.3 is 24.2 Å².